The van der Waals surface area contributed by atoms with Gasteiger partial charge in [-0.2, -0.15) is 5.10 Å². The van der Waals surface area contributed by atoms with Crippen molar-refractivity contribution in [3.05, 3.63) is 46.5 Å². The van der Waals surface area contributed by atoms with Crippen LogP contribution in [0.3, 0.4) is 0 Å². The van der Waals surface area contributed by atoms with E-state index in [1.165, 1.54) is 17.5 Å². The van der Waals surface area contributed by atoms with E-state index >= 15 is 0 Å². The molecular formula is C20H26N4O3. The van der Waals surface area contributed by atoms with Crippen molar-refractivity contribution in [3.63, 3.8) is 0 Å². The molecule has 0 bridgehead atoms. The number of carbonyl (C=O) groups is 1. The number of carbonyl (C=O) groups excluding carboxylic acids is 1. The highest BCUT2D eigenvalue weighted by Gasteiger charge is 2.31. The van der Waals surface area contributed by atoms with Crippen LogP contribution in [-0.2, 0) is 11.8 Å². The summed E-state index contributed by atoms with van der Waals surface area (Å²) in [5.41, 5.74) is -0.00297. The van der Waals surface area contributed by atoms with E-state index in [0.29, 0.717) is 18.8 Å². The van der Waals surface area contributed by atoms with Crippen LogP contribution < -0.4 is 5.69 Å². The Hall–Kier alpha value is -2.57. The zero-order valence-corrected chi connectivity index (χ0v) is 15.7. The Labute approximate surface area is 158 Å². The van der Waals surface area contributed by atoms with Crippen LogP contribution >= 0.6 is 0 Å². The van der Waals surface area contributed by atoms with Gasteiger partial charge in [-0.05, 0) is 43.9 Å². The van der Waals surface area contributed by atoms with Crippen LogP contribution in [0, 0.1) is 0 Å². The molecule has 27 heavy (non-hydrogen) atoms. The lowest BCUT2D eigenvalue weighted by Gasteiger charge is -2.31. The summed E-state index contributed by atoms with van der Waals surface area (Å²) in [4.78, 5) is 26.8. The van der Waals surface area contributed by atoms with E-state index in [1.807, 2.05) is 15.5 Å². The minimum atomic E-state index is -0.00297. The fraction of sp³-hybridized carbons (Fsp3) is 0.550. The molecule has 0 N–H and O–H groups in total. The molecule has 4 rings (SSSR count). The number of likely N-dealkylation sites (tertiary alicyclic amines) is 1. The number of hydrogen-bond donors (Lipinski definition) is 0. The van der Waals surface area contributed by atoms with Crippen LogP contribution in [-0.4, -0.2) is 38.2 Å². The number of aromatic nitrogens is 3. The van der Waals surface area contributed by atoms with E-state index in [2.05, 4.69) is 5.10 Å². The average Bonchev–Trinajstić information content (AvgIpc) is 3.43. The summed E-state index contributed by atoms with van der Waals surface area (Å²) in [5.74, 6) is 1.82. The topological polar surface area (TPSA) is 73.3 Å². The second-order valence-corrected chi connectivity index (χ2v) is 7.52. The third kappa shape index (κ3) is 3.63. The predicted octanol–water partition coefficient (Wildman–Crippen LogP) is 2.71. The Morgan fingerprint density at radius 3 is 2.63 bits per heavy atom. The van der Waals surface area contributed by atoms with Crippen molar-refractivity contribution in [2.75, 3.05) is 13.1 Å². The number of amides is 1. The second-order valence-electron chi connectivity index (χ2n) is 7.52. The summed E-state index contributed by atoms with van der Waals surface area (Å²) in [7, 11) is 1.73. The number of hydrogen-bond acceptors (Lipinski definition) is 4. The normalized spacial score (nSPS) is 19.4. The first-order valence-corrected chi connectivity index (χ1v) is 9.79. The summed E-state index contributed by atoms with van der Waals surface area (Å²) < 4.78 is 8.63. The van der Waals surface area contributed by atoms with Gasteiger partial charge in [0.2, 0.25) is 5.91 Å². The van der Waals surface area contributed by atoms with Crippen molar-refractivity contribution in [2.45, 2.75) is 50.5 Å². The molecule has 2 aromatic rings. The van der Waals surface area contributed by atoms with Crippen molar-refractivity contribution < 1.29 is 9.21 Å². The third-order valence-corrected chi connectivity index (χ3v) is 5.78. The van der Waals surface area contributed by atoms with Crippen molar-refractivity contribution in [3.8, 4) is 0 Å². The van der Waals surface area contributed by atoms with E-state index in [1.54, 1.807) is 31.5 Å². The molecule has 1 amide bonds. The standard InChI is InChI=1S/C20H26N4O3/c1-22-20(26)24(16-5-2-3-6-16)19(21-22)15-10-12-23(13-11-15)18(25)9-8-17-7-4-14-27-17/h4,7-9,14-16H,2-3,5-6,10-13H2,1H3/b9-8+. The molecule has 2 aliphatic rings. The van der Waals surface area contributed by atoms with E-state index < -0.39 is 0 Å². The zero-order chi connectivity index (χ0) is 18.8. The number of rotatable bonds is 4. The van der Waals surface area contributed by atoms with Crippen molar-refractivity contribution in [1.29, 1.82) is 0 Å². The quantitative estimate of drug-likeness (QED) is 0.776. The molecule has 2 aromatic heterocycles. The van der Waals surface area contributed by atoms with Crippen molar-refractivity contribution >= 4 is 12.0 Å². The molecule has 2 fully saturated rings. The number of piperidine rings is 1. The van der Waals surface area contributed by atoms with Crippen LogP contribution in [0.15, 0.2) is 33.7 Å². The average molecular weight is 370 g/mol. The molecule has 3 heterocycles. The molecule has 1 aliphatic heterocycles. The summed E-state index contributed by atoms with van der Waals surface area (Å²) in [6.07, 6.45) is 11.0. The Morgan fingerprint density at radius 2 is 1.96 bits per heavy atom. The van der Waals surface area contributed by atoms with Gasteiger partial charge in [-0.25, -0.2) is 9.48 Å². The van der Waals surface area contributed by atoms with Crippen LogP contribution in [0.5, 0.6) is 0 Å². The maximum Gasteiger partial charge on any atom is 0.345 e. The molecule has 1 saturated carbocycles. The smallest absolute Gasteiger partial charge is 0.345 e. The Bertz CT molecular complexity index is 864. The molecule has 144 valence electrons. The summed E-state index contributed by atoms with van der Waals surface area (Å²) in [6, 6.07) is 3.91. The molecule has 7 nitrogen and oxygen atoms in total. The molecule has 0 spiro atoms. The Kier molecular flexibility index (Phi) is 5.01. The molecular weight excluding hydrogens is 344 g/mol. The van der Waals surface area contributed by atoms with Gasteiger partial charge in [-0.3, -0.25) is 9.36 Å². The molecule has 0 radical (unpaired) electrons. The molecule has 0 aromatic carbocycles. The Balaban J connectivity index is 1.43. The number of aryl methyl sites for hydroxylation is 1. The van der Waals surface area contributed by atoms with Gasteiger partial charge in [0, 0.05) is 38.2 Å². The van der Waals surface area contributed by atoms with Crippen LogP contribution in [0.1, 0.15) is 62.1 Å². The van der Waals surface area contributed by atoms with Gasteiger partial charge in [-0.1, -0.05) is 12.8 Å². The fourth-order valence-electron chi connectivity index (χ4n) is 4.29. The largest absolute Gasteiger partial charge is 0.465 e. The first kappa shape index (κ1) is 17.8. The summed E-state index contributed by atoms with van der Waals surface area (Å²) in [5, 5.41) is 4.56. The first-order valence-electron chi connectivity index (χ1n) is 9.79. The SMILES string of the molecule is Cn1nc(C2CCN(C(=O)/C=C/c3ccco3)CC2)n(C2CCCC2)c1=O. The number of furan rings is 1. The minimum absolute atomic E-state index is 0.000876. The highest BCUT2D eigenvalue weighted by atomic mass is 16.3. The molecule has 0 unspecified atom stereocenters. The molecule has 7 heteroatoms. The monoisotopic (exact) mass is 370 g/mol. The van der Waals surface area contributed by atoms with Crippen LogP contribution in [0.25, 0.3) is 6.08 Å². The Morgan fingerprint density at radius 1 is 1.22 bits per heavy atom. The van der Waals surface area contributed by atoms with Crippen LogP contribution in [0.4, 0.5) is 0 Å². The van der Waals surface area contributed by atoms with Crippen LogP contribution in [0.2, 0.25) is 0 Å². The van der Waals surface area contributed by atoms with Gasteiger partial charge in [0.1, 0.15) is 11.6 Å². The van der Waals surface area contributed by atoms with Gasteiger partial charge >= 0.3 is 5.69 Å². The maximum absolute atomic E-state index is 12.6. The van der Waals surface area contributed by atoms with Gasteiger partial charge in [0.05, 0.1) is 6.26 Å². The highest BCUT2D eigenvalue weighted by molar-refractivity contribution is 5.91. The van der Waals surface area contributed by atoms with E-state index in [4.69, 9.17) is 4.42 Å². The lowest BCUT2D eigenvalue weighted by molar-refractivity contribution is -0.127. The van der Waals surface area contributed by atoms with Gasteiger partial charge < -0.3 is 9.32 Å². The maximum atomic E-state index is 12.6. The predicted molar refractivity (Wildman–Crippen MR) is 101 cm³/mol. The fourth-order valence-corrected chi connectivity index (χ4v) is 4.29. The molecule has 1 aliphatic carbocycles. The second kappa shape index (κ2) is 7.58. The highest BCUT2D eigenvalue weighted by Crippen LogP contribution is 2.33. The molecule has 0 atom stereocenters. The van der Waals surface area contributed by atoms with E-state index in [0.717, 1.165) is 31.5 Å². The molecule has 1 saturated heterocycles. The van der Waals surface area contributed by atoms with Crippen molar-refractivity contribution in [1.82, 2.24) is 19.2 Å². The zero-order valence-electron chi connectivity index (χ0n) is 15.7. The lowest BCUT2D eigenvalue weighted by atomic mass is 9.95. The summed E-state index contributed by atoms with van der Waals surface area (Å²) >= 11 is 0. The summed E-state index contributed by atoms with van der Waals surface area (Å²) in [6.45, 7) is 1.36. The number of nitrogens with zero attached hydrogens (tertiary/aromatic N) is 4. The van der Waals surface area contributed by atoms with E-state index in [9.17, 15) is 9.59 Å². The van der Waals surface area contributed by atoms with E-state index in [-0.39, 0.29) is 23.6 Å². The van der Waals surface area contributed by atoms with Crippen molar-refractivity contribution in [2.24, 2.45) is 7.05 Å². The van der Waals surface area contributed by atoms with Gasteiger partial charge in [0.15, 0.2) is 0 Å². The minimum Gasteiger partial charge on any atom is -0.465 e. The lowest BCUT2D eigenvalue weighted by Crippen LogP contribution is -2.38. The third-order valence-electron chi connectivity index (χ3n) is 5.78. The van der Waals surface area contributed by atoms with Gasteiger partial charge in [-0.15, -0.1) is 0 Å². The first-order chi connectivity index (χ1) is 13.1. The van der Waals surface area contributed by atoms with Gasteiger partial charge in [0.25, 0.3) is 0 Å².